The molecule has 0 saturated carbocycles. The van der Waals surface area contributed by atoms with Gasteiger partial charge in [-0.1, -0.05) is 11.3 Å². The van der Waals surface area contributed by atoms with Crippen LogP contribution in [-0.2, 0) is 14.8 Å². The predicted molar refractivity (Wildman–Crippen MR) is 84.6 cm³/mol. The van der Waals surface area contributed by atoms with Crippen LogP contribution in [0.3, 0.4) is 0 Å². The van der Waals surface area contributed by atoms with Gasteiger partial charge in [-0.15, -0.1) is 10.2 Å². The third-order valence-corrected chi connectivity index (χ3v) is 5.14. The summed E-state index contributed by atoms with van der Waals surface area (Å²) >= 11 is 0.734. The van der Waals surface area contributed by atoms with Gasteiger partial charge in [0, 0.05) is 13.0 Å². The van der Waals surface area contributed by atoms with E-state index >= 15 is 0 Å². The highest BCUT2D eigenvalue weighted by Gasteiger charge is 2.22. The van der Waals surface area contributed by atoms with Crippen LogP contribution in [-0.4, -0.2) is 38.7 Å². The van der Waals surface area contributed by atoms with Crippen LogP contribution in [0.1, 0.15) is 6.92 Å². The Labute approximate surface area is 136 Å². The molecule has 0 aliphatic heterocycles. The Balaban J connectivity index is 2.31. The monoisotopic (exact) mass is 358 g/mol. The zero-order valence-corrected chi connectivity index (χ0v) is 14.1. The summed E-state index contributed by atoms with van der Waals surface area (Å²) in [5.74, 6) is 0.410. The fourth-order valence-corrected chi connectivity index (χ4v) is 3.61. The molecule has 0 aliphatic carbocycles. The van der Waals surface area contributed by atoms with Crippen molar-refractivity contribution in [3.8, 4) is 11.5 Å². The Bertz CT molecular complexity index is 819. The number of carbonyl (C=O) groups excluding carboxylic acids is 1. The third-order valence-electron chi connectivity index (χ3n) is 2.57. The third kappa shape index (κ3) is 4.07. The van der Waals surface area contributed by atoms with Crippen molar-refractivity contribution in [2.45, 2.75) is 11.3 Å². The quantitative estimate of drug-likeness (QED) is 0.747. The lowest BCUT2D eigenvalue weighted by atomic mass is 10.3. The number of nitrogens with one attached hydrogen (secondary N) is 2. The molecule has 2 N–H and O–H groups in total. The summed E-state index contributed by atoms with van der Waals surface area (Å²) in [4.78, 5) is 10.9. The van der Waals surface area contributed by atoms with Crippen LogP contribution in [0.2, 0.25) is 0 Å². The van der Waals surface area contributed by atoms with Gasteiger partial charge in [0.25, 0.3) is 14.4 Å². The Morgan fingerprint density at radius 2 is 1.96 bits per heavy atom. The number of benzene rings is 1. The van der Waals surface area contributed by atoms with E-state index in [4.69, 9.17) is 9.47 Å². The number of sulfonamides is 1. The van der Waals surface area contributed by atoms with E-state index in [0.717, 1.165) is 11.3 Å². The number of hydrogen-bond acceptors (Lipinski definition) is 8. The number of hydrogen-bond donors (Lipinski definition) is 2. The van der Waals surface area contributed by atoms with Gasteiger partial charge in [0.05, 0.1) is 19.9 Å². The van der Waals surface area contributed by atoms with E-state index < -0.39 is 10.0 Å². The molecule has 2 aromatic rings. The highest BCUT2D eigenvalue weighted by molar-refractivity contribution is 7.94. The van der Waals surface area contributed by atoms with Gasteiger partial charge in [-0.25, -0.2) is 0 Å². The Morgan fingerprint density at radius 3 is 2.57 bits per heavy atom. The molecular weight excluding hydrogens is 344 g/mol. The largest absolute Gasteiger partial charge is 0.497 e. The number of carbonyl (C=O) groups is 1. The molecule has 0 spiro atoms. The fraction of sp³-hybridized carbons (Fsp3) is 0.250. The number of ether oxygens (including phenoxy) is 2. The number of amides is 1. The predicted octanol–water partition coefficient (Wildman–Crippen LogP) is 1.31. The second-order valence-electron chi connectivity index (χ2n) is 4.23. The van der Waals surface area contributed by atoms with Gasteiger partial charge in [0.2, 0.25) is 11.0 Å². The van der Waals surface area contributed by atoms with Gasteiger partial charge in [-0.05, 0) is 12.1 Å². The first-order valence-electron chi connectivity index (χ1n) is 6.21. The number of aromatic nitrogens is 2. The molecule has 1 aromatic carbocycles. The van der Waals surface area contributed by atoms with Crippen molar-refractivity contribution in [3.05, 3.63) is 18.2 Å². The van der Waals surface area contributed by atoms with Crippen LogP contribution in [0.25, 0.3) is 0 Å². The molecule has 0 unspecified atom stereocenters. The summed E-state index contributed by atoms with van der Waals surface area (Å²) in [6.07, 6.45) is 0. The van der Waals surface area contributed by atoms with Gasteiger partial charge in [0.1, 0.15) is 11.5 Å². The Morgan fingerprint density at radius 1 is 1.22 bits per heavy atom. The van der Waals surface area contributed by atoms with Crippen LogP contribution in [0.15, 0.2) is 22.5 Å². The first kappa shape index (κ1) is 17.0. The summed E-state index contributed by atoms with van der Waals surface area (Å²) in [7, 11) is -1.10. The van der Waals surface area contributed by atoms with Crippen LogP contribution >= 0.6 is 11.3 Å². The zero-order chi connectivity index (χ0) is 17.0. The van der Waals surface area contributed by atoms with Crippen LogP contribution < -0.4 is 19.5 Å². The molecule has 1 heterocycles. The molecule has 9 nitrogen and oxygen atoms in total. The number of rotatable bonds is 6. The van der Waals surface area contributed by atoms with Gasteiger partial charge < -0.3 is 14.8 Å². The van der Waals surface area contributed by atoms with E-state index in [0.29, 0.717) is 11.5 Å². The van der Waals surface area contributed by atoms with E-state index in [1.165, 1.54) is 27.2 Å². The molecule has 23 heavy (non-hydrogen) atoms. The Hall–Kier alpha value is -2.40. The Kier molecular flexibility index (Phi) is 5.01. The standard InChI is InChI=1S/C12H14N4O5S2/c1-7(17)13-11-14-15-12(22-11)23(18,19)16-9-6-8(20-2)4-5-10(9)21-3/h4-6,16H,1-3H3,(H,13,14,17). The summed E-state index contributed by atoms with van der Waals surface area (Å²) < 4.78 is 37.0. The molecule has 0 bridgehead atoms. The first-order valence-corrected chi connectivity index (χ1v) is 8.51. The van der Waals surface area contributed by atoms with Gasteiger partial charge >= 0.3 is 0 Å². The maximum absolute atomic E-state index is 12.4. The normalized spacial score (nSPS) is 10.9. The molecule has 124 valence electrons. The highest BCUT2D eigenvalue weighted by Crippen LogP contribution is 2.31. The maximum Gasteiger partial charge on any atom is 0.291 e. The SMILES string of the molecule is COc1ccc(OC)c(NS(=O)(=O)c2nnc(NC(C)=O)s2)c1. The second-order valence-corrected chi connectivity index (χ2v) is 7.06. The van der Waals surface area contributed by atoms with Crippen molar-refractivity contribution < 1.29 is 22.7 Å². The van der Waals surface area contributed by atoms with E-state index in [9.17, 15) is 13.2 Å². The summed E-state index contributed by atoms with van der Waals surface area (Å²) in [5.41, 5.74) is 0.197. The average Bonchev–Trinajstić information content (AvgIpc) is 2.95. The molecule has 0 radical (unpaired) electrons. The van der Waals surface area contributed by atoms with Crippen molar-refractivity contribution in [1.29, 1.82) is 0 Å². The molecule has 0 aliphatic rings. The average molecular weight is 358 g/mol. The topological polar surface area (TPSA) is 120 Å². The lowest BCUT2D eigenvalue weighted by molar-refractivity contribution is -0.114. The van der Waals surface area contributed by atoms with Crippen LogP contribution in [0.5, 0.6) is 11.5 Å². The van der Waals surface area contributed by atoms with Gasteiger partial charge in [-0.2, -0.15) is 8.42 Å². The van der Waals surface area contributed by atoms with Crippen LogP contribution in [0, 0.1) is 0 Å². The summed E-state index contributed by atoms with van der Waals surface area (Å²) in [6.45, 7) is 1.29. The second kappa shape index (κ2) is 6.79. The molecule has 0 saturated heterocycles. The minimum absolute atomic E-state index is 0.0930. The van der Waals surface area contributed by atoms with E-state index in [1.807, 2.05) is 0 Å². The lowest BCUT2D eigenvalue weighted by Crippen LogP contribution is -2.13. The fourth-order valence-electron chi connectivity index (χ4n) is 1.60. The van der Waals surface area contributed by atoms with Gasteiger partial charge in [-0.3, -0.25) is 9.52 Å². The molecular formula is C12H14N4O5S2. The molecule has 0 fully saturated rings. The number of nitrogens with zero attached hydrogens (tertiary/aromatic N) is 2. The van der Waals surface area contributed by atoms with E-state index in [-0.39, 0.29) is 21.1 Å². The maximum atomic E-state index is 12.4. The molecule has 0 atom stereocenters. The molecule has 11 heteroatoms. The van der Waals surface area contributed by atoms with Crippen molar-refractivity contribution >= 4 is 38.1 Å². The van der Waals surface area contributed by atoms with Crippen molar-refractivity contribution in [2.75, 3.05) is 24.3 Å². The highest BCUT2D eigenvalue weighted by atomic mass is 32.2. The first-order chi connectivity index (χ1) is 10.9. The van der Waals surface area contributed by atoms with Gasteiger partial charge in [0.15, 0.2) is 0 Å². The zero-order valence-electron chi connectivity index (χ0n) is 12.5. The summed E-state index contributed by atoms with van der Waals surface area (Å²) in [6, 6.07) is 4.68. The van der Waals surface area contributed by atoms with Crippen molar-refractivity contribution in [2.24, 2.45) is 0 Å². The van der Waals surface area contributed by atoms with Crippen molar-refractivity contribution in [1.82, 2.24) is 10.2 Å². The lowest BCUT2D eigenvalue weighted by Gasteiger charge is -2.11. The van der Waals surface area contributed by atoms with Crippen molar-refractivity contribution in [3.63, 3.8) is 0 Å². The minimum Gasteiger partial charge on any atom is -0.497 e. The molecule has 1 aromatic heterocycles. The van der Waals surface area contributed by atoms with E-state index in [1.54, 1.807) is 12.1 Å². The minimum atomic E-state index is -3.98. The molecule has 1 amide bonds. The van der Waals surface area contributed by atoms with Crippen LogP contribution in [0.4, 0.5) is 10.8 Å². The summed E-state index contributed by atoms with van der Waals surface area (Å²) in [5, 5.41) is 9.63. The number of anilines is 2. The van der Waals surface area contributed by atoms with E-state index in [2.05, 4.69) is 20.2 Å². The number of methoxy groups -OCH3 is 2. The smallest absolute Gasteiger partial charge is 0.291 e. The molecule has 2 rings (SSSR count).